The van der Waals surface area contributed by atoms with E-state index in [1.807, 2.05) is 12.1 Å². The first kappa shape index (κ1) is 16.9. The summed E-state index contributed by atoms with van der Waals surface area (Å²) >= 11 is 5.96. The number of nitrogens with zero attached hydrogens (tertiary/aromatic N) is 2. The van der Waals surface area contributed by atoms with Gasteiger partial charge in [0, 0.05) is 31.9 Å². The Balaban J connectivity index is 1.65. The Hall–Kier alpha value is -1.98. The highest BCUT2D eigenvalue weighted by atomic mass is 35.5. The van der Waals surface area contributed by atoms with Crippen LogP contribution in [0.3, 0.4) is 0 Å². The average molecular weight is 349 g/mol. The Morgan fingerprint density at radius 2 is 1.92 bits per heavy atom. The van der Waals surface area contributed by atoms with Crippen LogP contribution in [-0.2, 0) is 6.42 Å². The standard InChI is InChI=1S/C18H18ClFN2O2/c19-16-11-14(20)1-2-15(16)17(23)22-9-5-18(24,6-10-22)12-13-3-7-21-8-4-13/h1-4,7-8,11,24H,5-6,9-10,12H2. The van der Waals surface area contributed by atoms with E-state index in [0.29, 0.717) is 32.4 Å². The van der Waals surface area contributed by atoms with E-state index >= 15 is 0 Å². The lowest BCUT2D eigenvalue weighted by molar-refractivity contribution is -0.0162. The molecule has 3 rings (SSSR count). The van der Waals surface area contributed by atoms with E-state index in [0.717, 1.165) is 11.6 Å². The number of benzene rings is 1. The van der Waals surface area contributed by atoms with E-state index in [2.05, 4.69) is 4.98 Å². The van der Waals surface area contributed by atoms with Crippen molar-refractivity contribution in [2.45, 2.75) is 24.9 Å². The first-order chi connectivity index (χ1) is 11.5. The molecule has 1 aliphatic heterocycles. The number of amides is 1. The first-order valence-corrected chi connectivity index (χ1v) is 8.20. The van der Waals surface area contributed by atoms with Crippen LogP contribution in [0.15, 0.2) is 42.7 Å². The SMILES string of the molecule is O=C(c1ccc(F)cc1Cl)N1CCC(O)(Cc2ccncc2)CC1. The van der Waals surface area contributed by atoms with E-state index in [4.69, 9.17) is 11.6 Å². The van der Waals surface area contributed by atoms with Crippen molar-refractivity contribution in [2.75, 3.05) is 13.1 Å². The number of carbonyl (C=O) groups excluding carboxylic acids is 1. The summed E-state index contributed by atoms with van der Waals surface area (Å²) in [5, 5.41) is 10.9. The molecule has 1 fully saturated rings. The van der Waals surface area contributed by atoms with Crippen molar-refractivity contribution in [2.24, 2.45) is 0 Å². The number of halogens is 2. The molecule has 4 nitrogen and oxygen atoms in total. The molecule has 0 aliphatic carbocycles. The monoisotopic (exact) mass is 348 g/mol. The van der Waals surface area contributed by atoms with Gasteiger partial charge in [0.05, 0.1) is 16.2 Å². The molecule has 2 aromatic rings. The Morgan fingerprint density at radius 1 is 1.25 bits per heavy atom. The van der Waals surface area contributed by atoms with Crippen molar-refractivity contribution in [1.82, 2.24) is 9.88 Å². The summed E-state index contributed by atoms with van der Waals surface area (Å²) in [6.07, 6.45) is 4.91. The van der Waals surface area contributed by atoms with Crippen LogP contribution in [0.2, 0.25) is 5.02 Å². The van der Waals surface area contributed by atoms with Gasteiger partial charge in [-0.3, -0.25) is 9.78 Å². The molecule has 1 amide bonds. The van der Waals surface area contributed by atoms with Gasteiger partial charge in [-0.15, -0.1) is 0 Å². The molecule has 0 radical (unpaired) electrons. The van der Waals surface area contributed by atoms with Crippen molar-refractivity contribution in [3.8, 4) is 0 Å². The lowest BCUT2D eigenvalue weighted by Crippen LogP contribution is -2.47. The first-order valence-electron chi connectivity index (χ1n) is 7.82. The second-order valence-corrected chi connectivity index (χ2v) is 6.58. The number of rotatable bonds is 3. The fourth-order valence-electron chi connectivity index (χ4n) is 3.02. The van der Waals surface area contributed by atoms with Gasteiger partial charge in [-0.2, -0.15) is 0 Å². The quantitative estimate of drug-likeness (QED) is 0.927. The second-order valence-electron chi connectivity index (χ2n) is 6.17. The van der Waals surface area contributed by atoms with Crippen LogP contribution >= 0.6 is 11.6 Å². The smallest absolute Gasteiger partial charge is 0.255 e. The van der Waals surface area contributed by atoms with Crippen LogP contribution in [0, 0.1) is 5.82 Å². The highest BCUT2D eigenvalue weighted by molar-refractivity contribution is 6.33. The topological polar surface area (TPSA) is 53.4 Å². The average Bonchev–Trinajstić information content (AvgIpc) is 2.55. The van der Waals surface area contributed by atoms with Crippen molar-refractivity contribution < 1.29 is 14.3 Å². The zero-order valence-corrected chi connectivity index (χ0v) is 13.8. The summed E-state index contributed by atoms with van der Waals surface area (Å²) in [6.45, 7) is 0.877. The summed E-state index contributed by atoms with van der Waals surface area (Å²) in [5.74, 6) is -0.701. The Morgan fingerprint density at radius 3 is 2.54 bits per heavy atom. The van der Waals surface area contributed by atoms with E-state index in [1.165, 1.54) is 12.1 Å². The summed E-state index contributed by atoms with van der Waals surface area (Å²) in [5.41, 5.74) is 0.483. The summed E-state index contributed by atoms with van der Waals surface area (Å²) in [7, 11) is 0. The van der Waals surface area contributed by atoms with Crippen LogP contribution < -0.4 is 0 Å². The number of carbonyl (C=O) groups is 1. The van der Waals surface area contributed by atoms with Crippen molar-refractivity contribution in [1.29, 1.82) is 0 Å². The van der Waals surface area contributed by atoms with Crippen LogP contribution in [0.25, 0.3) is 0 Å². The summed E-state index contributed by atoms with van der Waals surface area (Å²) in [4.78, 5) is 18.2. The molecule has 1 saturated heterocycles. The maximum atomic E-state index is 13.1. The lowest BCUT2D eigenvalue weighted by atomic mass is 9.85. The van der Waals surface area contributed by atoms with Crippen molar-refractivity contribution in [3.05, 3.63) is 64.7 Å². The maximum absolute atomic E-state index is 13.1. The third-order valence-electron chi connectivity index (χ3n) is 4.43. The minimum atomic E-state index is -0.829. The molecule has 2 heterocycles. The number of aliphatic hydroxyl groups is 1. The number of piperidine rings is 1. The van der Waals surface area contributed by atoms with Crippen molar-refractivity contribution >= 4 is 17.5 Å². The maximum Gasteiger partial charge on any atom is 0.255 e. The van der Waals surface area contributed by atoms with Gasteiger partial charge in [-0.1, -0.05) is 11.6 Å². The van der Waals surface area contributed by atoms with E-state index < -0.39 is 11.4 Å². The predicted molar refractivity (Wildman–Crippen MR) is 89.4 cm³/mol. The molecule has 1 aromatic carbocycles. The van der Waals surface area contributed by atoms with Crippen LogP contribution in [0.1, 0.15) is 28.8 Å². The lowest BCUT2D eigenvalue weighted by Gasteiger charge is -2.38. The molecule has 24 heavy (non-hydrogen) atoms. The van der Waals surface area contributed by atoms with Gasteiger partial charge >= 0.3 is 0 Å². The largest absolute Gasteiger partial charge is 0.389 e. The fourth-order valence-corrected chi connectivity index (χ4v) is 3.26. The van der Waals surface area contributed by atoms with Crippen LogP contribution in [0.5, 0.6) is 0 Å². The Labute approximate surface area is 144 Å². The van der Waals surface area contributed by atoms with Gasteiger partial charge in [0.25, 0.3) is 5.91 Å². The van der Waals surface area contributed by atoms with Crippen LogP contribution in [-0.4, -0.2) is 39.6 Å². The van der Waals surface area contributed by atoms with Gasteiger partial charge in [0.1, 0.15) is 5.82 Å². The minimum absolute atomic E-state index is 0.109. The zero-order valence-electron chi connectivity index (χ0n) is 13.1. The molecule has 1 N–H and O–H groups in total. The molecular formula is C18H18ClFN2O2. The number of pyridine rings is 1. The second kappa shape index (κ2) is 6.87. The number of hydrogen-bond donors (Lipinski definition) is 1. The predicted octanol–water partition coefficient (Wildman–Crippen LogP) is 3.08. The molecule has 0 spiro atoms. The molecule has 0 atom stereocenters. The third-order valence-corrected chi connectivity index (χ3v) is 4.74. The fraction of sp³-hybridized carbons (Fsp3) is 0.333. The highest BCUT2D eigenvalue weighted by Gasteiger charge is 2.34. The number of aromatic nitrogens is 1. The molecule has 126 valence electrons. The van der Waals surface area contributed by atoms with Crippen molar-refractivity contribution in [3.63, 3.8) is 0 Å². The van der Waals surface area contributed by atoms with Gasteiger partial charge in [0.2, 0.25) is 0 Å². The van der Waals surface area contributed by atoms with E-state index in [-0.39, 0.29) is 16.5 Å². The molecule has 0 unspecified atom stereocenters. The minimum Gasteiger partial charge on any atom is -0.389 e. The van der Waals surface area contributed by atoms with Gasteiger partial charge in [-0.25, -0.2) is 4.39 Å². The molecular weight excluding hydrogens is 331 g/mol. The summed E-state index contributed by atoms with van der Waals surface area (Å²) in [6, 6.07) is 7.53. The van der Waals surface area contributed by atoms with Gasteiger partial charge in [0.15, 0.2) is 0 Å². The van der Waals surface area contributed by atoms with Gasteiger partial charge < -0.3 is 10.0 Å². The molecule has 6 heteroatoms. The zero-order chi connectivity index (χ0) is 17.2. The Bertz CT molecular complexity index is 731. The molecule has 1 aliphatic rings. The van der Waals surface area contributed by atoms with E-state index in [1.54, 1.807) is 17.3 Å². The normalized spacial score (nSPS) is 16.9. The van der Waals surface area contributed by atoms with Gasteiger partial charge in [-0.05, 0) is 48.7 Å². The molecule has 0 saturated carbocycles. The van der Waals surface area contributed by atoms with Crippen LogP contribution in [0.4, 0.5) is 4.39 Å². The summed E-state index contributed by atoms with van der Waals surface area (Å²) < 4.78 is 13.1. The molecule has 1 aromatic heterocycles. The number of likely N-dealkylation sites (tertiary alicyclic amines) is 1. The highest BCUT2D eigenvalue weighted by Crippen LogP contribution is 2.28. The number of hydrogen-bond acceptors (Lipinski definition) is 3. The van der Waals surface area contributed by atoms with E-state index in [9.17, 15) is 14.3 Å². The molecule has 0 bridgehead atoms. The third kappa shape index (κ3) is 3.74. The Kier molecular flexibility index (Phi) is 4.83.